The van der Waals surface area contributed by atoms with Crippen molar-refractivity contribution in [2.45, 2.75) is 32.5 Å². The highest BCUT2D eigenvalue weighted by molar-refractivity contribution is 5.70. The molecule has 0 aliphatic carbocycles. The monoisotopic (exact) mass is 188 g/mol. The third kappa shape index (κ3) is 3.32. The predicted octanol–water partition coefficient (Wildman–Crippen LogP) is 1.09. The van der Waals surface area contributed by atoms with Gasteiger partial charge in [-0.2, -0.15) is 0 Å². The van der Waals surface area contributed by atoms with Crippen molar-refractivity contribution in [1.82, 2.24) is 0 Å². The van der Waals surface area contributed by atoms with Crippen molar-refractivity contribution in [3.63, 3.8) is 0 Å². The standard InChI is InChI=1S/C9H16O4/c1-3-11-8(10)7-9(2)12-5-4-6-13-9/h3-7H2,1-2H3. The van der Waals surface area contributed by atoms with Crippen molar-refractivity contribution in [3.8, 4) is 0 Å². The van der Waals surface area contributed by atoms with E-state index in [9.17, 15) is 4.79 Å². The van der Waals surface area contributed by atoms with Crippen LogP contribution in [0.25, 0.3) is 0 Å². The SMILES string of the molecule is CCOC(=O)CC1(C)OCCCO1. The molecule has 0 amide bonds. The Hall–Kier alpha value is -0.610. The lowest BCUT2D eigenvalue weighted by Crippen LogP contribution is -2.39. The molecule has 1 rings (SSSR count). The van der Waals surface area contributed by atoms with Crippen LogP contribution < -0.4 is 0 Å². The van der Waals surface area contributed by atoms with Crippen LogP contribution in [0.4, 0.5) is 0 Å². The van der Waals surface area contributed by atoms with Gasteiger partial charge in [-0.05, 0) is 20.3 Å². The first kappa shape index (κ1) is 10.5. The summed E-state index contributed by atoms with van der Waals surface area (Å²) in [6.07, 6.45) is 1.05. The lowest BCUT2D eigenvalue weighted by molar-refractivity contribution is -0.259. The second kappa shape index (κ2) is 4.58. The molecule has 1 aliphatic rings. The van der Waals surface area contributed by atoms with Gasteiger partial charge in [-0.25, -0.2) is 0 Å². The van der Waals surface area contributed by atoms with Gasteiger partial charge in [0, 0.05) is 0 Å². The molecule has 0 aromatic carbocycles. The molecule has 0 unspecified atom stereocenters. The molecule has 1 saturated heterocycles. The molecule has 0 bridgehead atoms. The molecule has 4 nitrogen and oxygen atoms in total. The Morgan fingerprint density at radius 2 is 2.08 bits per heavy atom. The molecule has 0 radical (unpaired) electrons. The van der Waals surface area contributed by atoms with Crippen LogP contribution in [0.1, 0.15) is 26.7 Å². The van der Waals surface area contributed by atoms with Crippen molar-refractivity contribution >= 4 is 5.97 Å². The minimum atomic E-state index is -0.773. The summed E-state index contributed by atoms with van der Waals surface area (Å²) in [5.41, 5.74) is 0. The highest BCUT2D eigenvalue weighted by Gasteiger charge is 2.32. The van der Waals surface area contributed by atoms with Crippen LogP contribution in [0.2, 0.25) is 0 Å². The summed E-state index contributed by atoms with van der Waals surface area (Å²) < 4.78 is 15.5. The van der Waals surface area contributed by atoms with Crippen molar-refractivity contribution in [3.05, 3.63) is 0 Å². The van der Waals surface area contributed by atoms with E-state index >= 15 is 0 Å². The zero-order valence-electron chi connectivity index (χ0n) is 8.17. The first-order valence-electron chi connectivity index (χ1n) is 4.60. The number of hydrogen-bond donors (Lipinski definition) is 0. The summed E-state index contributed by atoms with van der Waals surface area (Å²) in [7, 11) is 0. The Kier molecular flexibility index (Phi) is 3.69. The van der Waals surface area contributed by atoms with Crippen LogP contribution in [0, 0.1) is 0 Å². The second-order valence-corrected chi connectivity index (χ2v) is 3.17. The summed E-state index contributed by atoms with van der Waals surface area (Å²) in [5, 5.41) is 0. The lowest BCUT2D eigenvalue weighted by atomic mass is 10.2. The number of ether oxygens (including phenoxy) is 3. The Bertz CT molecular complexity index is 172. The average Bonchev–Trinajstić information content (AvgIpc) is 2.04. The van der Waals surface area contributed by atoms with Gasteiger partial charge in [-0.15, -0.1) is 0 Å². The molecule has 76 valence electrons. The highest BCUT2D eigenvalue weighted by Crippen LogP contribution is 2.22. The van der Waals surface area contributed by atoms with Crippen LogP contribution in [0.5, 0.6) is 0 Å². The molecule has 0 atom stereocenters. The van der Waals surface area contributed by atoms with Gasteiger partial charge in [-0.3, -0.25) is 4.79 Å². The molecular weight excluding hydrogens is 172 g/mol. The minimum Gasteiger partial charge on any atom is -0.466 e. The molecule has 1 heterocycles. The van der Waals surface area contributed by atoms with E-state index in [0.29, 0.717) is 19.8 Å². The quantitative estimate of drug-likeness (QED) is 0.622. The molecule has 0 saturated carbocycles. The fraction of sp³-hybridized carbons (Fsp3) is 0.889. The van der Waals surface area contributed by atoms with E-state index in [1.54, 1.807) is 13.8 Å². The van der Waals surface area contributed by atoms with Gasteiger partial charge in [0.25, 0.3) is 0 Å². The second-order valence-electron chi connectivity index (χ2n) is 3.17. The highest BCUT2D eigenvalue weighted by atomic mass is 16.7. The summed E-state index contributed by atoms with van der Waals surface area (Å²) in [4.78, 5) is 11.1. The first-order chi connectivity index (χ1) is 6.16. The third-order valence-electron chi connectivity index (χ3n) is 1.87. The molecule has 0 N–H and O–H groups in total. The average molecular weight is 188 g/mol. The molecule has 0 aromatic rings. The van der Waals surface area contributed by atoms with Crippen LogP contribution in [0.15, 0.2) is 0 Å². The maximum absolute atomic E-state index is 11.1. The van der Waals surface area contributed by atoms with E-state index in [1.807, 2.05) is 0 Å². The topological polar surface area (TPSA) is 44.8 Å². The Labute approximate surface area is 78.2 Å². The predicted molar refractivity (Wildman–Crippen MR) is 46.2 cm³/mol. The van der Waals surface area contributed by atoms with Crippen molar-refractivity contribution in [2.24, 2.45) is 0 Å². The fourth-order valence-electron chi connectivity index (χ4n) is 1.25. The Morgan fingerprint density at radius 3 is 2.62 bits per heavy atom. The fourth-order valence-corrected chi connectivity index (χ4v) is 1.25. The molecule has 0 aromatic heterocycles. The van der Waals surface area contributed by atoms with E-state index in [-0.39, 0.29) is 12.4 Å². The van der Waals surface area contributed by atoms with Crippen LogP contribution >= 0.6 is 0 Å². The zero-order chi connectivity index (χ0) is 9.73. The van der Waals surface area contributed by atoms with Gasteiger partial charge < -0.3 is 14.2 Å². The van der Waals surface area contributed by atoms with E-state index in [0.717, 1.165) is 6.42 Å². The minimum absolute atomic E-state index is 0.167. The van der Waals surface area contributed by atoms with Crippen molar-refractivity contribution in [2.75, 3.05) is 19.8 Å². The van der Waals surface area contributed by atoms with Gasteiger partial charge in [0.15, 0.2) is 5.79 Å². The van der Waals surface area contributed by atoms with Crippen molar-refractivity contribution in [1.29, 1.82) is 0 Å². The molecular formula is C9H16O4. The number of carbonyl (C=O) groups excluding carboxylic acids is 1. The molecule has 0 spiro atoms. The van der Waals surface area contributed by atoms with Gasteiger partial charge in [0.2, 0.25) is 0 Å². The van der Waals surface area contributed by atoms with Gasteiger partial charge in [-0.1, -0.05) is 0 Å². The van der Waals surface area contributed by atoms with E-state index in [1.165, 1.54) is 0 Å². The summed E-state index contributed by atoms with van der Waals surface area (Å²) in [6, 6.07) is 0. The molecule has 4 heteroatoms. The summed E-state index contributed by atoms with van der Waals surface area (Å²) >= 11 is 0. The van der Waals surface area contributed by atoms with E-state index in [4.69, 9.17) is 14.2 Å². The van der Waals surface area contributed by atoms with Gasteiger partial charge in [0.05, 0.1) is 26.2 Å². The zero-order valence-corrected chi connectivity index (χ0v) is 8.17. The molecule has 1 fully saturated rings. The Balaban J connectivity index is 2.36. The third-order valence-corrected chi connectivity index (χ3v) is 1.87. The van der Waals surface area contributed by atoms with E-state index < -0.39 is 5.79 Å². The van der Waals surface area contributed by atoms with E-state index in [2.05, 4.69) is 0 Å². The molecule has 13 heavy (non-hydrogen) atoms. The lowest BCUT2D eigenvalue weighted by Gasteiger charge is -2.32. The maximum Gasteiger partial charge on any atom is 0.311 e. The number of rotatable bonds is 3. The summed E-state index contributed by atoms with van der Waals surface area (Å²) in [6.45, 7) is 5.24. The Morgan fingerprint density at radius 1 is 1.46 bits per heavy atom. The van der Waals surface area contributed by atoms with Crippen molar-refractivity contribution < 1.29 is 19.0 Å². The smallest absolute Gasteiger partial charge is 0.311 e. The molecule has 1 aliphatic heterocycles. The summed E-state index contributed by atoms with van der Waals surface area (Å²) in [5.74, 6) is -1.04. The normalized spacial score (nSPS) is 21.1. The van der Waals surface area contributed by atoms with Crippen LogP contribution in [-0.4, -0.2) is 31.6 Å². The number of esters is 1. The number of carbonyl (C=O) groups is 1. The largest absolute Gasteiger partial charge is 0.466 e. The van der Waals surface area contributed by atoms with Crippen LogP contribution in [-0.2, 0) is 19.0 Å². The van der Waals surface area contributed by atoms with Gasteiger partial charge >= 0.3 is 5.97 Å². The maximum atomic E-state index is 11.1. The first-order valence-corrected chi connectivity index (χ1v) is 4.60. The van der Waals surface area contributed by atoms with Gasteiger partial charge in [0.1, 0.15) is 0 Å². The number of hydrogen-bond acceptors (Lipinski definition) is 4. The van der Waals surface area contributed by atoms with Crippen LogP contribution in [0.3, 0.4) is 0 Å².